The van der Waals surface area contributed by atoms with E-state index in [1.54, 1.807) is 27.3 Å². The average Bonchev–Trinajstić information content (AvgIpc) is 3.28. The van der Waals surface area contributed by atoms with E-state index in [-0.39, 0.29) is 13.0 Å². The Morgan fingerprint density at radius 2 is 1.82 bits per heavy atom. The second-order valence-electron chi connectivity index (χ2n) is 9.36. The predicted octanol–water partition coefficient (Wildman–Crippen LogP) is -1.95. The molecule has 0 amide bonds. The molecule has 0 bridgehead atoms. The van der Waals surface area contributed by atoms with Gasteiger partial charge in [-0.2, -0.15) is 0 Å². The van der Waals surface area contributed by atoms with Crippen molar-refractivity contribution in [2.45, 2.75) is 86.5 Å². The molecule has 0 aromatic carbocycles. The van der Waals surface area contributed by atoms with E-state index in [0.29, 0.717) is 6.54 Å². The van der Waals surface area contributed by atoms with Crippen molar-refractivity contribution in [3.05, 3.63) is 24.2 Å². The van der Waals surface area contributed by atoms with E-state index < -0.39 is 60.3 Å². The molecule has 1 aromatic rings. The standard InChI is InChI=1S/C22H37N3O8/c1-12-10-21(28,11-25-8-4-6-13-7-5-9-30-13)22(29)20(31-12)32-19-17(27)14(23-2)16(26)15(24-3)18(19)33-22/h5,7,9,12,14-20,23-29H,4,6,8,10-11H2,1-3H3. The molecule has 2 saturated heterocycles. The number of hydrogen-bond acceptors (Lipinski definition) is 11. The van der Waals surface area contributed by atoms with E-state index in [9.17, 15) is 20.4 Å². The highest BCUT2D eigenvalue weighted by Crippen LogP contribution is 2.46. The summed E-state index contributed by atoms with van der Waals surface area (Å²) in [5.74, 6) is -1.31. The van der Waals surface area contributed by atoms with Gasteiger partial charge in [-0.25, -0.2) is 0 Å². The normalized spacial score (nSPS) is 45.4. The van der Waals surface area contributed by atoms with Gasteiger partial charge in [-0.15, -0.1) is 0 Å². The van der Waals surface area contributed by atoms with Crippen LogP contribution in [0.25, 0.3) is 0 Å². The number of fused-ring (bicyclic) bond motifs is 2. The van der Waals surface area contributed by atoms with E-state index in [1.807, 2.05) is 12.1 Å². The van der Waals surface area contributed by atoms with Crippen LogP contribution in [-0.4, -0.2) is 108 Å². The zero-order valence-electron chi connectivity index (χ0n) is 19.3. The van der Waals surface area contributed by atoms with E-state index in [0.717, 1.165) is 18.6 Å². The minimum absolute atomic E-state index is 0.0427. The molecule has 11 nitrogen and oxygen atoms in total. The van der Waals surface area contributed by atoms with Crippen LogP contribution in [0.1, 0.15) is 25.5 Å². The molecule has 11 heteroatoms. The highest BCUT2D eigenvalue weighted by atomic mass is 16.8. The van der Waals surface area contributed by atoms with E-state index in [1.165, 1.54) is 0 Å². The first kappa shape index (κ1) is 25.0. The Morgan fingerprint density at radius 1 is 1.06 bits per heavy atom. The van der Waals surface area contributed by atoms with Crippen molar-refractivity contribution in [2.75, 3.05) is 27.2 Å². The lowest BCUT2D eigenvalue weighted by molar-refractivity contribution is -0.482. The molecule has 0 spiro atoms. The lowest BCUT2D eigenvalue weighted by atomic mass is 9.77. The van der Waals surface area contributed by atoms with Gasteiger partial charge in [0.25, 0.3) is 0 Å². The Bertz CT molecular complexity index is 769. The van der Waals surface area contributed by atoms with Crippen molar-refractivity contribution in [1.82, 2.24) is 16.0 Å². The van der Waals surface area contributed by atoms with Crippen LogP contribution in [0.5, 0.6) is 0 Å². The quantitative estimate of drug-likeness (QED) is 0.211. The Hall–Kier alpha value is -1.12. The van der Waals surface area contributed by atoms with Crippen molar-refractivity contribution in [1.29, 1.82) is 0 Å². The molecule has 2 aliphatic heterocycles. The van der Waals surface area contributed by atoms with Crippen molar-refractivity contribution in [3.63, 3.8) is 0 Å². The first-order valence-electron chi connectivity index (χ1n) is 11.6. The largest absolute Gasteiger partial charge is 0.469 e. The summed E-state index contributed by atoms with van der Waals surface area (Å²) < 4.78 is 23.3. The molecule has 0 radical (unpaired) electrons. The van der Waals surface area contributed by atoms with Crippen LogP contribution in [0.3, 0.4) is 0 Å². The first-order valence-corrected chi connectivity index (χ1v) is 11.6. The molecule has 3 fully saturated rings. The third kappa shape index (κ3) is 4.47. The summed E-state index contributed by atoms with van der Waals surface area (Å²) in [4.78, 5) is 0. The van der Waals surface area contributed by atoms with Crippen LogP contribution in [-0.2, 0) is 20.6 Å². The molecular formula is C22H37N3O8. The van der Waals surface area contributed by atoms with Crippen molar-refractivity contribution in [3.8, 4) is 0 Å². The molecular weight excluding hydrogens is 434 g/mol. The monoisotopic (exact) mass is 471 g/mol. The molecule has 1 aliphatic carbocycles. The number of aryl methyl sites for hydroxylation is 1. The minimum atomic E-state index is -2.20. The molecule has 10 unspecified atom stereocenters. The summed E-state index contributed by atoms with van der Waals surface area (Å²) in [5, 5.41) is 53.9. The topological polar surface area (TPSA) is 158 Å². The number of furan rings is 1. The molecule has 7 N–H and O–H groups in total. The third-order valence-electron chi connectivity index (χ3n) is 7.12. The fraction of sp³-hybridized carbons (Fsp3) is 0.818. The molecule has 3 heterocycles. The summed E-state index contributed by atoms with van der Waals surface area (Å²) in [6, 6.07) is 2.42. The van der Waals surface area contributed by atoms with Crippen LogP contribution in [0, 0.1) is 0 Å². The maximum absolute atomic E-state index is 11.6. The molecule has 4 rings (SSSR count). The van der Waals surface area contributed by atoms with Gasteiger partial charge < -0.3 is 55.0 Å². The van der Waals surface area contributed by atoms with Gasteiger partial charge in [0.1, 0.15) is 29.7 Å². The maximum atomic E-state index is 11.6. The second kappa shape index (κ2) is 9.86. The molecule has 3 aliphatic rings. The number of ether oxygens (including phenoxy) is 3. The van der Waals surface area contributed by atoms with Crippen LogP contribution >= 0.6 is 0 Å². The van der Waals surface area contributed by atoms with Crippen LogP contribution in [0.2, 0.25) is 0 Å². The van der Waals surface area contributed by atoms with Gasteiger partial charge in [-0.1, -0.05) is 0 Å². The van der Waals surface area contributed by atoms with Gasteiger partial charge >= 0.3 is 0 Å². The second-order valence-corrected chi connectivity index (χ2v) is 9.36. The lowest BCUT2D eigenvalue weighted by Gasteiger charge is -2.60. The van der Waals surface area contributed by atoms with Gasteiger partial charge in [-0.3, -0.25) is 0 Å². The fourth-order valence-corrected chi connectivity index (χ4v) is 5.37. The summed E-state index contributed by atoms with van der Waals surface area (Å²) in [6.07, 6.45) is -2.39. The van der Waals surface area contributed by atoms with E-state index in [4.69, 9.17) is 18.6 Å². The lowest BCUT2D eigenvalue weighted by Crippen LogP contribution is -2.81. The van der Waals surface area contributed by atoms with Crippen molar-refractivity contribution < 1.29 is 39.1 Å². The summed E-state index contributed by atoms with van der Waals surface area (Å²) in [6.45, 7) is 2.41. The average molecular weight is 472 g/mol. The van der Waals surface area contributed by atoms with Gasteiger partial charge in [0.15, 0.2) is 0 Å². The highest BCUT2D eigenvalue weighted by Gasteiger charge is 2.68. The van der Waals surface area contributed by atoms with E-state index >= 15 is 0 Å². The molecule has 1 saturated carbocycles. The van der Waals surface area contributed by atoms with Crippen molar-refractivity contribution in [2.24, 2.45) is 0 Å². The van der Waals surface area contributed by atoms with Crippen LogP contribution in [0.4, 0.5) is 0 Å². The van der Waals surface area contributed by atoms with Gasteiger partial charge in [-0.05, 0) is 46.1 Å². The zero-order valence-corrected chi connectivity index (χ0v) is 19.3. The number of aliphatic hydroxyl groups is 4. The molecule has 33 heavy (non-hydrogen) atoms. The van der Waals surface area contributed by atoms with E-state index in [2.05, 4.69) is 16.0 Å². The highest BCUT2D eigenvalue weighted by molar-refractivity contribution is 5.12. The third-order valence-corrected chi connectivity index (χ3v) is 7.12. The first-order chi connectivity index (χ1) is 15.7. The number of nitrogens with one attached hydrogen (secondary N) is 3. The minimum Gasteiger partial charge on any atom is -0.469 e. The fourth-order valence-electron chi connectivity index (χ4n) is 5.37. The van der Waals surface area contributed by atoms with Crippen LogP contribution in [0.15, 0.2) is 22.8 Å². The SMILES string of the molecule is CNC1C(O)C(NC)C2OC3(O)C(OC(C)CC3(O)CNCCCc3ccco3)OC2C1O. The van der Waals surface area contributed by atoms with Gasteiger partial charge in [0.05, 0.1) is 30.6 Å². The summed E-state index contributed by atoms with van der Waals surface area (Å²) in [7, 11) is 3.29. The molecule has 10 atom stereocenters. The zero-order chi connectivity index (χ0) is 23.8. The maximum Gasteiger partial charge on any atom is 0.249 e. The predicted molar refractivity (Wildman–Crippen MR) is 116 cm³/mol. The Kier molecular flexibility index (Phi) is 7.47. The summed E-state index contributed by atoms with van der Waals surface area (Å²) in [5.41, 5.74) is -1.72. The van der Waals surface area contributed by atoms with Crippen molar-refractivity contribution >= 4 is 0 Å². The smallest absolute Gasteiger partial charge is 0.249 e. The van der Waals surface area contributed by atoms with Crippen LogP contribution < -0.4 is 16.0 Å². The number of likely N-dealkylation sites (N-methyl/N-ethyl adjacent to an activating group) is 2. The number of rotatable bonds is 8. The number of hydrogen-bond donors (Lipinski definition) is 7. The Morgan fingerprint density at radius 3 is 2.48 bits per heavy atom. The summed E-state index contributed by atoms with van der Waals surface area (Å²) >= 11 is 0. The number of aliphatic hydroxyl groups excluding tert-OH is 2. The van der Waals surface area contributed by atoms with Gasteiger partial charge in [0.2, 0.25) is 12.1 Å². The van der Waals surface area contributed by atoms with Gasteiger partial charge in [0, 0.05) is 19.4 Å². The molecule has 188 valence electrons. The molecule has 1 aromatic heterocycles. The Balaban J connectivity index is 1.48. The Labute approximate surface area is 193 Å².